The predicted octanol–water partition coefficient (Wildman–Crippen LogP) is 3.85. The molecule has 3 rings (SSSR count). The third-order valence-electron chi connectivity index (χ3n) is 4.18. The number of ether oxygens (including phenoxy) is 1. The summed E-state index contributed by atoms with van der Waals surface area (Å²) in [6, 6.07) is 15.6. The van der Waals surface area contributed by atoms with E-state index in [2.05, 4.69) is 15.3 Å². The van der Waals surface area contributed by atoms with Gasteiger partial charge < -0.3 is 10.1 Å². The van der Waals surface area contributed by atoms with Crippen molar-refractivity contribution < 1.29 is 13.9 Å². The van der Waals surface area contributed by atoms with Crippen LogP contribution < -0.4 is 10.1 Å². The second kappa shape index (κ2) is 9.08. The Morgan fingerprint density at radius 1 is 1.07 bits per heavy atom. The molecule has 2 aromatic carbocycles. The van der Waals surface area contributed by atoms with E-state index in [9.17, 15) is 9.18 Å². The number of halogens is 1. The van der Waals surface area contributed by atoms with Gasteiger partial charge in [0.05, 0.1) is 0 Å². The number of carbonyl (C=O) groups excluding carboxylic acids is 1. The fraction of sp³-hybridized carbons (Fsp3) is 0.227. The number of nitrogens with one attached hydrogen (secondary N) is 1. The molecule has 0 saturated carbocycles. The molecule has 0 aliphatic heterocycles. The molecule has 0 bridgehead atoms. The first-order chi connectivity index (χ1) is 13.5. The first-order valence-corrected chi connectivity index (χ1v) is 9.12. The summed E-state index contributed by atoms with van der Waals surface area (Å²) >= 11 is 0. The lowest BCUT2D eigenvalue weighted by Crippen LogP contribution is -2.28. The Kier molecular flexibility index (Phi) is 6.32. The standard InChI is InChI=1S/C22H22FN3O2/c1-3-19-12-21(26-22(25-19)17-8-10-18(23)11-9-17)28-14-20(27)24-13-16-6-4-15(2)5-7-16/h4-12H,3,13-14H2,1-2H3,(H,24,27). The lowest BCUT2D eigenvalue weighted by Gasteiger charge is -2.10. The van der Waals surface area contributed by atoms with Gasteiger partial charge in [0.2, 0.25) is 5.88 Å². The molecule has 0 saturated heterocycles. The van der Waals surface area contributed by atoms with Gasteiger partial charge in [0.15, 0.2) is 12.4 Å². The second-order valence-electron chi connectivity index (χ2n) is 6.43. The minimum absolute atomic E-state index is 0.144. The fourth-order valence-corrected chi connectivity index (χ4v) is 2.55. The molecule has 144 valence electrons. The van der Waals surface area contributed by atoms with E-state index in [4.69, 9.17) is 4.74 Å². The number of benzene rings is 2. The Bertz CT molecular complexity index is 941. The molecular weight excluding hydrogens is 357 g/mol. The third kappa shape index (κ3) is 5.36. The molecule has 0 aliphatic carbocycles. The van der Waals surface area contributed by atoms with E-state index in [1.165, 1.54) is 17.7 Å². The molecule has 0 radical (unpaired) electrons. The first-order valence-electron chi connectivity index (χ1n) is 9.12. The van der Waals surface area contributed by atoms with E-state index in [-0.39, 0.29) is 18.3 Å². The van der Waals surface area contributed by atoms with Crippen molar-refractivity contribution >= 4 is 5.91 Å². The van der Waals surface area contributed by atoms with Crippen LogP contribution in [0, 0.1) is 12.7 Å². The number of hydrogen-bond donors (Lipinski definition) is 1. The maximum Gasteiger partial charge on any atom is 0.258 e. The molecule has 1 heterocycles. The first kappa shape index (κ1) is 19.5. The van der Waals surface area contributed by atoms with Crippen LogP contribution in [0.15, 0.2) is 54.6 Å². The van der Waals surface area contributed by atoms with Crippen molar-refractivity contribution in [2.24, 2.45) is 0 Å². The zero-order valence-corrected chi connectivity index (χ0v) is 15.9. The van der Waals surface area contributed by atoms with Crippen LogP contribution in [0.4, 0.5) is 4.39 Å². The summed E-state index contributed by atoms with van der Waals surface area (Å²) < 4.78 is 18.7. The van der Waals surface area contributed by atoms with Crippen LogP contribution in [0.2, 0.25) is 0 Å². The molecule has 0 spiro atoms. The normalized spacial score (nSPS) is 10.5. The van der Waals surface area contributed by atoms with Crippen molar-refractivity contribution in [3.8, 4) is 17.3 Å². The Morgan fingerprint density at radius 3 is 2.46 bits per heavy atom. The van der Waals surface area contributed by atoms with Gasteiger partial charge in [-0.15, -0.1) is 0 Å². The van der Waals surface area contributed by atoms with Crippen LogP contribution in [0.5, 0.6) is 5.88 Å². The van der Waals surface area contributed by atoms with Crippen LogP contribution in [-0.2, 0) is 17.8 Å². The van der Waals surface area contributed by atoms with Gasteiger partial charge in [-0.1, -0.05) is 36.8 Å². The molecule has 6 heteroatoms. The molecule has 5 nitrogen and oxygen atoms in total. The van der Waals surface area contributed by atoms with E-state index in [1.54, 1.807) is 18.2 Å². The van der Waals surface area contributed by atoms with Crippen LogP contribution in [0.3, 0.4) is 0 Å². The van der Waals surface area contributed by atoms with Gasteiger partial charge in [-0.2, -0.15) is 4.98 Å². The molecule has 28 heavy (non-hydrogen) atoms. The van der Waals surface area contributed by atoms with E-state index in [0.717, 1.165) is 11.3 Å². The highest BCUT2D eigenvalue weighted by Gasteiger charge is 2.09. The fourth-order valence-electron chi connectivity index (χ4n) is 2.55. The summed E-state index contributed by atoms with van der Waals surface area (Å²) in [5.41, 5.74) is 3.66. The smallest absolute Gasteiger partial charge is 0.258 e. The van der Waals surface area contributed by atoms with Crippen molar-refractivity contribution in [1.82, 2.24) is 15.3 Å². The number of rotatable bonds is 7. The molecule has 0 atom stereocenters. The highest BCUT2D eigenvalue weighted by Crippen LogP contribution is 2.20. The van der Waals surface area contributed by atoms with Gasteiger partial charge in [0.25, 0.3) is 5.91 Å². The van der Waals surface area contributed by atoms with Crippen molar-refractivity contribution in [2.45, 2.75) is 26.8 Å². The van der Waals surface area contributed by atoms with Crippen LogP contribution in [0.25, 0.3) is 11.4 Å². The summed E-state index contributed by atoms with van der Waals surface area (Å²) in [5.74, 6) is 0.198. The highest BCUT2D eigenvalue weighted by molar-refractivity contribution is 5.77. The van der Waals surface area contributed by atoms with Crippen molar-refractivity contribution in [1.29, 1.82) is 0 Å². The maximum atomic E-state index is 13.1. The van der Waals surface area contributed by atoms with Crippen LogP contribution >= 0.6 is 0 Å². The molecule has 3 aromatic rings. The van der Waals surface area contributed by atoms with Crippen molar-refractivity contribution in [2.75, 3.05) is 6.61 Å². The number of carbonyl (C=O) groups is 1. The summed E-state index contributed by atoms with van der Waals surface area (Å²) in [7, 11) is 0. The van der Waals surface area contributed by atoms with Crippen LogP contribution in [-0.4, -0.2) is 22.5 Å². The molecule has 0 unspecified atom stereocenters. The number of aryl methyl sites for hydroxylation is 2. The Balaban J connectivity index is 1.63. The predicted molar refractivity (Wildman–Crippen MR) is 105 cm³/mol. The Morgan fingerprint density at radius 2 is 1.79 bits per heavy atom. The number of aromatic nitrogens is 2. The lowest BCUT2D eigenvalue weighted by atomic mass is 10.1. The quantitative estimate of drug-likeness (QED) is 0.677. The minimum atomic E-state index is -0.322. The Hall–Kier alpha value is -3.28. The zero-order valence-electron chi connectivity index (χ0n) is 15.9. The molecule has 1 N–H and O–H groups in total. The van der Waals surface area contributed by atoms with Gasteiger partial charge >= 0.3 is 0 Å². The largest absolute Gasteiger partial charge is 0.467 e. The molecule has 0 aliphatic rings. The summed E-state index contributed by atoms with van der Waals surface area (Å²) in [6.45, 7) is 4.28. The van der Waals surface area contributed by atoms with Crippen LogP contribution in [0.1, 0.15) is 23.7 Å². The summed E-state index contributed by atoms with van der Waals surface area (Å²) in [5, 5.41) is 2.82. The summed E-state index contributed by atoms with van der Waals surface area (Å²) in [4.78, 5) is 20.9. The monoisotopic (exact) mass is 379 g/mol. The lowest BCUT2D eigenvalue weighted by molar-refractivity contribution is -0.123. The van der Waals surface area contributed by atoms with Crippen molar-refractivity contribution in [3.63, 3.8) is 0 Å². The number of amides is 1. The van der Waals surface area contributed by atoms with Gasteiger partial charge in [-0.05, 0) is 43.2 Å². The maximum absolute atomic E-state index is 13.1. The van der Waals surface area contributed by atoms with Gasteiger partial charge in [0.1, 0.15) is 5.82 Å². The second-order valence-corrected chi connectivity index (χ2v) is 6.43. The molecule has 1 amide bonds. The molecule has 1 aromatic heterocycles. The van der Waals surface area contributed by atoms with Crippen molar-refractivity contribution in [3.05, 3.63) is 77.2 Å². The third-order valence-corrected chi connectivity index (χ3v) is 4.18. The Labute approximate surface area is 163 Å². The van der Waals surface area contributed by atoms with E-state index in [1.807, 2.05) is 38.1 Å². The number of hydrogen-bond acceptors (Lipinski definition) is 4. The van der Waals surface area contributed by atoms with E-state index >= 15 is 0 Å². The van der Waals surface area contributed by atoms with E-state index in [0.29, 0.717) is 30.2 Å². The number of nitrogens with zero attached hydrogens (tertiary/aromatic N) is 2. The highest BCUT2D eigenvalue weighted by atomic mass is 19.1. The average molecular weight is 379 g/mol. The minimum Gasteiger partial charge on any atom is -0.467 e. The molecule has 0 fully saturated rings. The van der Waals surface area contributed by atoms with E-state index < -0.39 is 0 Å². The van der Waals surface area contributed by atoms with Gasteiger partial charge in [-0.25, -0.2) is 9.37 Å². The SMILES string of the molecule is CCc1cc(OCC(=O)NCc2ccc(C)cc2)nc(-c2ccc(F)cc2)n1. The zero-order chi connectivity index (χ0) is 19.9. The topological polar surface area (TPSA) is 64.1 Å². The molecular formula is C22H22FN3O2. The average Bonchev–Trinajstić information content (AvgIpc) is 2.72. The van der Waals surface area contributed by atoms with Gasteiger partial charge in [-0.3, -0.25) is 4.79 Å². The summed E-state index contributed by atoms with van der Waals surface area (Å²) in [6.07, 6.45) is 0.687. The van der Waals surface area contributed by atoms with Gasteiger partial charge in [0, 0.05) is 23.9 Å².